The summed E-state index contributed by atoms with van der Waals surface area (Å²) in [7, 11) is -0.377. The first-order chi connectivity index (χ1) is 14.8. The van der Waals surface area contributed by atoms with Gasteiger partial charge in [0.05, 0.1) is 19.8 Å². The van der Waals surface area contributed by atoms with Crippen molar-refractivity contribution in [2.75, 3.05) is 7.11 Å². The molecular weight excluding hydrogens is 419 g/mol. The summed E-state index contributed by atoms with van der Waals surface area (Å²) in [6, 6.07) is 10.4. The second-order valence-corrected chi connectivity index (χ2v) is 15.1. The number of rotatable bonds is 9. The van der Waals surface area contributed by atoms with E-state index in [1.54, 1.807) is 25.3 Å². The van der Waals surface area contributed by atoms with Crippen LogP contribution in [0.3, 0.4) is 0 Å². The molecule has 0 aromatic heterocycles. The molecule has 0 fully saturated rings. The number of benzene rings is 2. The first-order valence-electron chi connectivity index (χ1n) is 11.2. The first kappa shape index (κ1) is 26.3. The molecule has 2 unspecified atom stereocenters. The van der Waals surface area contributed by atoms with Crippen molar-refractivity contribution >= 4 is 8.32 Å². The van der Waals surface area contributed by atoms with E-state index in [2.05, 4.69) is 40.4 Å². The van der Waals surface area contributed by atoms with Crippen molar-refractivity contribution in [1.29, 1.82) is 0 Å². The lowest BCUT2D eigenvalue weighted by Crippen LogP contribution is -2.40. The summed E-state index contributed by atoms with van der Waals surface area (Å²) in [6.45, 7) is 19.5. The van der Waals surface area contributed by atoms with Gasteiger partial charge in [-0.05, 0) is 58.9 Å². The molecule has 2 aromatic carbocycles. The van der Waals surface area contributed by atoms with Crippen molar-refractivity contribution in [1.82, 2.24) is 0 Å². The molecule has 5 heteroatoms. The number of aliphatic hydroxyl groups is 1. The first-order valence-corrected chi connectivity index (χ1v) is 14.1. The summed E-state index contributed by atoms with van der Waals surface area (Å²) in [5.74, 6) is 0.220. The van der Waals surface area contributed by atoms with E-state index in [4.69, 9.17) is 9.16 Å². The molecule has 0 heterocycles. The summed E-state index contributed by atoms with van der Waals surface area (Å²) in [5, 5.41) is 11.4. The number of aliphatic hydroxyl groups excluding tert-OH is 1. The Hall–Kier alpha value is -1.95. The predicted molar refractivity (Wildman–Crippen MR) is 134 cm³/mol. The molecule has 0 saturated heterocycles. The molecule has 0 saturated carbocycles. The Kier molecular flexibility index (Phi) is 8.48. The van der Waals surface area contributed by atoms with Gasteiger partial charge >= 0.3 is 0 Å². The van der Waals surface area contributed by atoms with Gasteiger partial charge in [-0.3, -0.25) is 0 Å². The Morgan fingerprint density at radius 1 is 1.09 bits per heavy atom. The maximum absolute atomic E-state index is 14.8. The molecule has 0 aliphatic rings. The molecule has 0 amide bonds. The Balaban J connectivity index is 2.56. The van der Waals surface area contributed by atoms with Crippen LogP contribution in [0.4, 0.5) is 4.39 Å². The zero-order valence-corrected chi connectivity index (χ0v) is 21.8. The van der Waals surface area contributed by atoms with Crippen molar-refractivity contribution in [2.24, 2.45) is 11.8 Å². The van der Waals surface area contributed by atoms with Crippen LogP contribution in [0.15, 0.2) is 49.1 Å². The van der Waals surface area contributed by atoms with Gasteiger partial charge < -0.3 is 14.3 Å². The smallest absolute Gasteiger partial charge is 0.192 e. The number of ether oxygens (including phenoxy) is 1. The molecule has 0 aliphatic heterocycles. The average Bonchev–Trinajstić information content (AvgIpc) is 2.72. The van der Waals surface area contributed by atoms with Crippen LogP contribution in [0, 0.1) is 17.7 Å². The van der Waals surface area contributed by atoms with E-state index in [0.717, 1.165) is 5.56 Å². The number of methoxy groups -OCH3 is 1. The largest absolute Gasteiger partial charge is 0.497 e. The fourth-order valence-corrected chi connectivity index (χ4v) is 4.44. The fourth-order valence-electron chi connectivity index (χ4n) is 3.48. The van der Waals surface area contributed by atoms with E-state index in [9.17, 15) is 9.50 Å². The normalized spacial score (nSPS) is 14.3. The molecule has 32 heavy (non-hydrogen) atoms. The van der Waals surface area contributed by atoms with Crippen LogP contribution < -0.4 is 4.74 Å². The van der Waals surface area contributed by atoms with Crippen LogP contribution in [0.2, 0.25) is 18.1 Å². The summed E-state index contributed by atoms with van der Waals surface area (Å²) in [5.41, 5.74) is 2.69. The third-order valence-corrected chi connectivity index (χ3v) is 11.2. The third-order valence-electron chi connectivity index (χ3n) is 6.71. The number of halogens is 1. The lowest BCUT2D eigenvalue weighted by molar-refractivity contribution is 0.108. The van der Waals surface area contributed by atoms with Crippen molar-refractivity contribution in [3.63, 3.8) is 0 Å². The van der Waals surface area contributed by atoms with Crippen molar-refractivity contribution in [3.8, 4) is 16.9 Å². The maximum atomic E-state index is 14.8. The third kappa shape index (κ3) is 5.88. The summed E-state index contributed by atoms with van der Waals surface area (Å²) < 4.78 is 26.5. The minimum atomic E-state index is -1.93. The van der Waals surface area contributed by atoms with Gasteiger partial charge in [0, 0.05) is 11.5 Å². The van der Waals surface area contributed by atoms with Gasteiger partial charge in [0.2, 0.25) is 0 Å². The lowest BCUT2D eigenvalue weighted by Gasteiger charge is -2.36. The van der Waals surface area contributed by atoms with Crippen LogP contribution in [0.1, 0.15) is 51.8 Å². The summed E-state index contributed by atoms with van der Waals surface area (Å²) >= 11 is 0. The quantitative estimate of drug-likeness (QED) is 0.312. The molecule has 2 rings (SSSR count). The van der Waals surface area contributed by atoms with E-state index in [-0.39, 0.29) is 22.7 Å². The highest BCUT2D eigenvalue weighted by Gasteiger charge is 2.37. The van der Waals surface area contributed by atoms with Crippen molar-refractivity contribution in [2.45, 2.75) is 65.5 Å². The minimum Gasteiger partial charge on any atom is -0.497 e. The average molecular weight is 459 g/mol. The highest BCUT2D eigenvalue weighted by molar-refractivity contribution is 6.74. The monoisotopic (exact) mass is 458 g/mol. The van der Waals surface area contributed by atoms with Crippen LogP contribution in [-0.2, 0) is 11.0 Å². The van der Waals surface area contributed by atoms with Gasteiger partial charge in [0.1, 0.15) is 11.6 Å². The summed E-state index contributed by atoms with van der Waals surface area (Å²) in [6.07, 6.45) is 0.959. The second kappa shape index (κ2) is 10.3. The van der Waals surface area contributed by atoms with Gasteiger partial charge in [-0.15, -0.1) is 6.58 Å². The topological polar surface area (TPSA) is 38.7 Å². The molecule has 0 bridgehead atoms. The molecule has 0 radical (unpaired) electrons. The Labute approximate surface area is 194 Å². The Morgan fingerprint density at radius 3 is 2.28 bits per heavy atom. The molecule has 176 valence electrons. The lowest BCUT2D eigenvalue weighted by atomic mass is 9.83. The molecule has 0 spiro atoms. The van der Waals surface area contributed by atoms with E-state index in [1.807, 2.05) is 32.0 Å². The molecular formula is C27H39FO3Si. The van der Waals surface area contributed by atoms with Crippen molar-refractivity contribution in [3.05, 3.63) is 66.0 Å². The molecule has 2 aromatic rings. The SMILES string of the molecule is C=CC(C(C)C)C(O)c1cc(CO[Si](C)(C)C(C)(C)C)ccc1-c1cc(OC)ccc1F. The highest BCUT2D eigenvalue weighted by atomic mass is 28.4. The highest BCUT2D eigenvalue weighted by Crippen LogP contribution is 2.40. The minimum absolute atomic E-state index is 0.102. The number of hydrogen-bond acceptors (Lipinski definition) is 3. The molecule has 2 atom stereocenters. The van der Waals surface area contributed by atoms with Crippen LogP contribution in [0.25, 0.3) is 11.1 Å². The van der Waals surface area contributed by atoms with E-state index in [1.165, 1.54) is 6.07 Å². The Morgan fingerprint density at radius 2 is 1.75 bits per heavy atom. The Bertz CT molecular complexity index is 931. The van der Waals surface area contributed by atoms with Gasteiger partial charge in [0.15, 0.2) is 8.32 Å². The van der Waals surface area contributed by atoms with Crippen molar-refractivity contribution < 1.29 is 18.7 Å². The standard InChI is InChI=1S/C27H39FO3Si/c1-10-21(18(2)3)26(29)24-15-19(17-31-32(8,9)27(4,5)6)11-13-22(24)23-16-20(30-7)12-14-25(23)28/h10-16,18,21,26,29H,1,17H2,2-9H3. The predicted octanol–water partition coefficient (Wildman–Crippen LogP) is 7.51. The fraction of sp³-hybridized carbons (Fsp3) is 0.481. The van der Waals surface area contributed by atoms with Crippen LogP contribution >= 0.6 is 0 Å². The molecule has 3 nitrogen and oxygen atoms in total. The maximum Gasteiger partial charge on any atom is 0.192 e. The van der Waals surface area contributed by atoms with E-state index < -0.39 is 14.4 Å². The van der Waals surface area contributed by atoms with Gasteiger partial charge in [-0.2, -0.15) is 0 Å². The second-order valence-electron chi connectivity index (χ2n) is 10.3. The zero-order valence-electron chi connectivity index (χ0n) is 20.8. The zero-order chi connectivity index (χ0) is 24.3. The van der Waals surface area contributed by atoms with E-state index >= 15 is 0 Å². The molecule has 1 N–H and O–H groups in total. The number of hydrogen-bond donors (Lipinski definition) is 1. The van der Waals surface area contributed by atoms with E-state index in [0.29, 0.717) is 29.0 Å². The van der Waals surface area contributed by atoms with Crippen LogP contribution in [0.5, 0.6) is 5.75 Å². The van der Waals surface area contributed by atoms with Gasteiger partial charge in [0.25, 0.3) is 0 Å². The summed E-state index contributed by atoms with van der Waals surface area (Å²) in [4.78, 5) is 0. The van der Waals surface area contributed by atoms with Gasteiger partial charge in [-0.25, -0.2) is 4.39 Å². The molecule has 0 aliphatic carbocycles. The van der Waals surface area contributed by atoms with Crippen LogP contribution in [-0.4, -0.2) is 20.5 Å². The van der Waals surface area contributed by atoms with Gasteiger partial charge in [-0.1, -0.05) is 58.9 Å².